The maximum absolute atomic E-state index is 12.0. The Kier molecular flexibility index (Phi) is 4.30. The van der Waals surface area contributed by atoms with E-state index >= 15 is 0 Å². The lowest BCUT2D eigenvalue weighted by Crippen LogP contribution is -2.44. The molecule has 0 spiro atoms. The molecule has 3 heteroatoms. The van der Waals surface area contributed by atoms with Crippen LogP contribution in [0.3, 0.4) is 0 Å². The fraction of sp³-hybridized carbons (Fsp3) is 0.833. The Balaban J connectivity index is 2.74. The predicted molar refractivity (Wildman–Crippen MR) is 57.5 cm³/mol. The maximum Gasteiger partial charge on any atom is 0.303 e. The zero-order valence-electron chi connectivity index (χ0n) is 9.67. The lowest BCUT2D eigenvalue weighted by Gasteiger charge is -2.35. The van der Waals surface area contributed by atoms with Crippen LogP contribution in [0.1, 0.15) is 58.8 Å². The second kappa shape index (κ2) is 5.29. The van der Waals surface area contributed by atoms with E-state index in [1.807, 2.05) is 6.92 Å². The van der Waals surface area contributed by atoms with Crippen molar-refractivity contribution in [1.29, 1.82) is 0 Å². The van der Waals surface area contributed by atoms with E-state index in [0.717, 1.165) is 25.7 Å². The van der Waals surface area contributed by atoms with Gasteiger partial charge in [-0.15, -0.1) is 0 Å². The monoisotopic (exact) mass is 212 g/mol. The van der Waals surface area contributed by atoms with Crippen molar-refractivity contribution in [1.82, 2.24) is 0 Å². The van der Waals surface area contributed by atoms with Crippen molar-refractivity contribution in [3.05, 3.63) is 0 Å². The number of ketones is 1. The molecule has 1 aliphatic carbocycles. The number of esters is 1. The Morgan fingerprint density at radius 1 is 1.20 bits per heavy atom. The van der Waals surface area contributed by atoms with Crippen LogP contribution in [0.5, 0.6) is 0 Å². The number of hydrogen-bond acceptors (Lipinski definition) is 3. The number of Topliss-reactive ketones (excluding diaryl/α,β-unsaturated/α-hetero) is 1. The Labute approximate surface area is 91.2 Å². The molecule has 0 heterocycles. The van der Waals surface area contributed by atoms with E-state index in [1.165, 1.54) is 6.92 Å². The molecule has 0 radical (unpaired) electrons. The second-order valence-electron chi connectivity index (χ2n) is 4.32. The Hall–Kier alpha value is -0.860. The van der Waals surface area contributed by atoms with Gasteiger partial charge < -0.3 is 4.74 Å². The summed E-state index contributed by atoms with van der Waals surface area (Å²) >= 11 is 0. The van der Waals surface area contributed by atoms with Gasteiger partial charge in [-0.3, -0.25) is 9.59 Å². The van der Waals surface area contributed by atoms with Crippen LogP contribution in [0, 0.1) is 0 Å². The molecule has 86 valence electrons. The van der Waals surface area contributed by atoms with Crippen LogP contribution in [0.4, 0.5) is 0 Å². The third-order valence-electron chi connectivity index (χ3n) is 2.99. The molecule has 0 saturated heterocycles. The number of ether oxygens (including phenoxy) is 1. The van der Waals surface area contributed by atoms with Gasteiger partial charge in [0.05, 0.1) is 0 Å². The van der Waals surface area contributed by atoms with Gasteiger partial charge in [0.15, 0.2) is 11.4 Å². The van der Waals surface area contributed by atoms with Gasteiger partial charge in [0, 0.05) is 13.3 Å². The average molecular weight is 212 g/mol. The van der Waals surface area contributed by atoms with Gasteiger partial charge >= 0.3 is 5.97 Å². The predicted octanol–water partition coefficient (Wildman–Crippen LogP) is 2.62. The molecule has 1 rings (SSSR count). The Morgan fingerprint density at radius 2 is 1.80 bits per heavy atom. The van der Waals surface area contributed by atoms with Gasteiger partial charge in [-0.05, 0) is 32.1 Å². The van der Waals surface area contributed by atoms with E-state index in [2.05, 4.69) is 0 Å². The third kappa shape index (κ3) is 3.05. The van der Waals surface area contributed by atoms with Crippen LogP contribution in [-0.2, 0) is 14.3 Å². The molecule has 0 N–H and O–H groups in total. The molecule has 0 aliphatic heterocycles. The van der Waals surface area contributed by atoms with Crippen molar-refractivity contribution in [3.63, 3.8) is 0 Å². The second-order valence-corrected chi connectivity index (χ2v) is 4.32. The molecule has 0 amide bonds. The van der Waals surface area contributed by atoms with Crippen molar-refractivity contribution in [2.75, 3.05) is 0 Å². The van der Waals surface area contributed by atoms with Crippen molar-refractivity contribution in [2.24, 2.45) is 0 Å². The highest BCUT2D eigenvalue weighted by Crippen LogP contribution is 2.33. The van der Waals surface area contributed by atoms with Gasteiger partial charge in [0.25, 0.3) is 0 Å². The molecule has 0 atom stereocenters. The van der Waals surface area contributed by atoms with E-state index in [9.17, 15) is 9.59 Å². The van der Waals surface area contributed by atoms with E-state index in [0.29, 0.717) is 19.3 Å². The van der Waals surface area contributed by atoms with Crippen LogP contribution in [0.15, 0.2) is 0 Å². The van der Waals surface area contributed by atoms with Crippen molar-refractivity contribution < 1.29 is 14.3 Å². The molecular formula is C12H20O3. The SMILES string of the molecule is CCCC(=O)C1(OC(C)=O)CCCCC1. The summed E-state index contributed by atoms with van der Waals surface area (Å²) in [6.45, 7) is 3.36. The van der Waals surface area contributed by atoms with Crippen LogP contribution < -0.4 is 0 Å². The first kappa shape index (κ1) is 12.2. The molecule has 1 saturated carbocycles. The highest BCUT2D eigenvalue weighted by Gasteiger charge is 2.41. The topological polar surface area (TPSA) is 43.4 Å². The minimum atomic E-state index is -0.778. The van der Waals surface area contributed by atoms with Crippen LogP contribution in [0.25, 0.3) is 0 Å². The number of carbonyl (C=O) groups is 2. The number of carbonyl (C=O) groups excluding carboxylic acids is 2. The maximum atomic E-state index is 12.0. The van der Waals surface area contributed by atoms with Crippen molar-refractivity contribution in [2.45, 2.75) is 64.4 Å². The van der Waals surface area contributed by atoms with Crippen molar-refractivity contribution >= 4 is 11.8 Å². The largest absolute Gasteiger partial charge is 0.451 e. The molecule has 0 aromatic rings. The van der Waals surface area contributed by atoms with Gasteiger partial charge in [0.1, 0.15) is 0 Å². The summed E-state index contributed by atoms with van der Waals surface area (Å²) in [6, 6.07) is 0. The fourth-order valence-corrected chi connectivity index (χ4v) is 2.29. The molecule has 0 aromatic carbocycles. The minimum Gasteiger partial charge on any atom is -0.451 e. The van der Waals surface area contributed by atoms with E-state index in [4.69, 9.17) is 4.74 Å². The Morgan fingerprint density at radius 3 is 2.27 bits per heavy atom. The van der Waals surface area contributed by atoms with Crippen molar-refractivity contribution in [3.8, 4) is 0 Å². The first-order valence-corrected chi connectivity index (χ1v) is 5.83. The lowest BCUT2D eigenvalue weighted by molar-refractivity contribution is -0.169. The number of hydrogen-bond donors (Lipinski definition) is 0. The average Bonchev–Trinajstić information content (AvgIpc) is 2.18. The lowest BCUT2D eigenvalue weighted by atomic mass is 9.80. The molecule has 15 heavy (non-hydrogen) atoms. The molecular weight excluding hydrogens is 192 g/mol. The first-order valence-electron chi connectivity index (χ1n) is 5.83. The van der Waals surface area contributed by atoms with Gasteiger partial charge in [-0.2, -0.15) is 0 Å². The molecule has 0 bridgehead atoms. The highest BCUT2D eigenvalue weighted by molar-refractivity contribution is 5.89. The zero-order valence-corrected chi connectivity index (χ0v) is 9.67. The van der Waals surface area contributed by atoms with E-state index < -0.39 is 5.60 Å². The van der Waals surface area contributed by atoms with Gasteiger partial charge in [-0.1, -0.05) is 13.3 Å². The smallest absolute Gasteiger partial charge is 0.303 e. The normalized spacial score (nSPS) is 19.6. The third-order valence-corrected chi connectivity index (χ3v) is 2.99. The minimum absolute atomic E-state index is 0.111. The van der Waals surface area contributed by atoms with E-state index in [1.54, 1.807) is 0 Å². The van der Waals surface area contributed by atoms with Crippen LogP contribution >= 0.6 is 0 Å². The summed E-state index contributed by atoms with van der Waals surface area (Å²) < 4.78 is 5.30. The van der Waals surface area contributed by atoms with Gasteiger partial charge in [-0.25, -0.2) is 0 Å². The van der Waals surface area contributed by atoms with Crippen LogP contribution in [-0.4, -0.2) is 17.4 Å². The zero-order chi connectivity index (χ0) is 11.3. The quantitative estimate of drug-likeness (QED) is 0.673. The van der Waals surface area contributed by atoms with Crippen LogP contribution in [0.2, 0.25) is 0 Å². The molecule has 0 aromatic heterocycles. The van der Waals surface area contributed by atoms with E-state index in [-0.39, 0.29) is 11.8 Å². The summed E-state index contributed by atoms with van der Waals surface area (Å²) in [6.07, 6.45) is 5.89. The molecule has 1 aliphatic rings. The summed E-state index contributed by atoms with van der Waals surface area (Å²) in [7, 11) is 0. The summed E-state index contributed by atoms with van der Waals surface area (Å²) in [4.78, 5) is 23.0. The first-order chi connectivity index (χ1) is 7.10. The number of rotatable bonds is 4. The summed E-state index contributed by atoms with van der Waals surface area (Å²) in [5.41, 5.74) is -0.778. The fourth-order valence-electron chi connectivity index (χ4n) is 2.29. The summed E-state index contributed by atoms with van der Waals surface area (Å²) in [5.74, 6) is -0.221. The highest BCUT2D eigenvalue weighted by atomic mass is 16.6. The summed E-state index contributed by atoms with van der Waals surface area (Å²) in [5, 5.41) is 0. The standard InChI is InChI=1S/C12H20O3/c1-3-7-11(14)12(15-10(2)13)8-5-4-6-9-12/h3-9H2,1-2H3. The Bertz CT molecular complexity index is 239. The van der Waals surface area contributed by atoms with Gasteiger partial charge in [0.2, 0.25) is 0 Å². The molecule has 0 unspecified atom stereocenters. The molecule has 3 nitrogen and oxygen atoms in total. The molecule has 1 fully saturated rings.